The van der Waals surface area contributed by atoms with Gasteiger partial charge in [-0.1, -0.05) is 38.1 Å². The fraction of sp³-hybridized carbons (Fsp3) is 0.444. The van der Waals surface area contributed by atoms with E-state index in [0.29, 0.717) is 12.0 Å². The lowest BCUT2D eigenvalue weighted by Gasteiger charge is -2.42. The van der Waals surface area contributed by atoms with Crippen molar-refractivity contribution in [2.75, 3.05) is 11.4 Å². The second-order valence-electron chi connectivity index (χ2n) is 6.12. The summed E-state index contributed by atoms with van der Waals surface area (Å²) < 4.78 is 0. The number of fused-ring (bicyclic) bond motifs is 1. The summed E-state index contributed by atoms with van der Waals surface area (Å²) in [6, 6.07) is 13.6. The summed E-state index contributed by atoms with van der Waals surface area (Å²) in [7, 11) is 0. The number of anilines is 1. The number of thiophene rings is 1. The molecule has 1 aromatic heterocycles. The zero-order chi connectivity index (χ0) is 14.8. The first kappa shape index (κ1) is 14.6. The van der Waals surface area contributed by atoms with Gasteiger partial charge in [-0.3, -0.25) is 0 Å². The molecule has 112 valence electrons. The monoisotopic (exact) mass is 300 g/mol. The summed E-state index contributed by atoms with van der Waals surface area (Å²) in [5.74, 6) is 0.673. The van der Waals surface area contributed by atoms with Gasteiger partial charge in [-0.15, -0.1) is 11.3 Å². The molecule has 1 aliphatic heterocycles. The maximum atomic E-state index is 6.51. The lowest BCUT2D eigenvalue weighted by Crippen LogP contribution is -2.45. The van der Waals surface area contributed by atoms with Crippen LogP contribution in [0.2, 0.25) is 0 Å². The molecule has 0 bridgehead atoms. The third kappa shape index (κ3) is 2.85. The van der Waals surface area contributed by atoms with Crippen LogP contribution in [0.1, 0.15) is 36.8 Å². The largest absolute Gasteiger partial charge is 0.362 e. The molecular weight excluding hydrogens is 276 g/mol. The summed E-state index contributed by atoms with van der Waals surface area (Å²) in [6.45, 7) is 5.61. The molecule has 1 aliphatic rings. The van der Waals surface area contributed by atoms with E-state index in [4.69, 9.17) is 5.73 Å². The lowest BCUT2D eigenvalue weighted by molar-refractivity contribution is 0.438. The van der Waals surface area contributed by atoms with Crippen molar-refractivity contribution in [2.45, 2.75) is 38.8 Å². The molecular formula is C18H24N2S. The smallest absolute Gasteiger partial charge is 0.0785 e. The SMILES string of the molecule is CCC(N)C(c1cccs1)N1CC(C)Cc2ccccc21. The van der Waals surface area contributed by atoms with Gasteiger partial charge in [0.25, 0.3) is 0 Å². The van der Waals surface area contributed by atoms with E-state index in [1.54, 1.807) is 0 Å². The van der Waals surface area contributed by atoms with Crippen LogP contribution >= 0.6 is 11.3 Å². The molecule has 3 rings (SSSR count). The molecule has 2 aromatic rings. The van der Waals surface area contributed by atoms with Gasteiger partial charge in [0.05, 0.1) is 6.04 Å². The van der Waals surface area contributed by atoms with E-state index < -0.39 is 0 Å². The standard InChI is InChI=1S/C18H24N2S/c1-3-15(19)18(17-9-6-10-21-17)20-12-13(2)11-14-7-4-5-8-16(14)20/h4-10,13,15,18H,3,11-12,19H2,1-2H3. The van der Waals surface area contributed by atoms with Crippen molar-refractivity contribution in [1.29, 1.82) is 0 Å². The average Bonchev–Trinajstić information content (AvgIpc) is 3.01. The fourth-order valence-corrected chi connectivity index (χ4v) is 4.29. The van der Waals surface area contributed by atoms with E-state index in [0.717, 1.165) is 13.0 Å². The predicted octanol–water partition coefficient (Wildman–Crippen LogP) is 4.23. The maximum absolute atomic E-state index is 6.51. The van der Waals surface area contributed by atoms with Gasteiger partial charge in [0, 0.05) is 23.2 Å². The number of benzene rings is 1. The highest BCUT2D eigenvalue weighted by atomic mass is 32.1. The van der Waals surface area contributed by atoms with E-state index in [-0.39, 0.29) is 6.04 Å². The first-order valence-electron chi connectivity index (χ1n) is 7.84. The summed E-state index contributed by atoms with van der Waals surface area (Å²) in [6.07, 6.45) is 2.17. The van der Waals surface area contributed by atoms with Crippen molar-refractivity contribution in [3.63, 3.8) is 0 Å². The van der Waals surface area contributed by atoms with Crippen LogP contribution in [0, 0.1) is 5.92 Å². The second kappa shape index (κ2) is 6.20. The van der Waals surface area contributed by atoms with Crippen molar-refractivity contribution in [3.8, 4) is 0 Å². The summed E-state index contributed by atoms with van der Waals surface area (Å²) >= 11 is 1.82. The van der Waals surface area contributed by atoms with Gasteiger partial charge in [0.1, 0.15) is 0 Å². The van der Waals surface area contributed by atoms with Crippen LogP contribution in [0.3, 0.4) is 0 Å². The quantitative estimate of drug-likeness (QED) is 0.915. The number of hydrogen-bond acceptors (Lipinski definition) is 3. The fourth-order valence-electron chi connectivity index (χ4n) is 3.38. The van der Waals surface area contributed by atoms with Crippen LogP contribution in [0.15, 0.2) is 41.8 Å². The highest BCUT2D eigenvalue weighted by Crippen LogP contribution is 2.38. The first-order chi connectivity index (χ1) is 10.2. The molecule has 3 heteroatoms. The molecule has 0 spiro atoms. The minimum atomic E-state index is 0.169. The first-order valence-corrected chi connectivity index (χ1v) is 8.72. The Morgan fingerprint density at radius 1 is 1.29 bits per heavy atom. The van der Waals surface area contributed by atoms with Crippen LogP contribution in [-0.4, -0.2) is 12.6 Å². The Labute approximate surface area is 131 Å². The van der Waals surface area contributed by atoms with Crippen molar-refractivity contribution >= 4 is 17.0 Å². The highest BCUT2D eigenvalue weighted by Gasteiger charge is 2.31. The molecule has 0 saturated carbocycles. The van der Waals surface area contributed by atoms with E-state index in [1.165, 1.54) is 22.5 Å². The summed E-state index contributed by atoms with van der Waals surface area (Å²) in [4.78, 5) is 3.93. The zero-order valence-corrected chi connectivity index (χ0v) is 13.6. The Morgan fingerprint density at radius 3 is 2.81 bits per heavy atom. The number of nitrogens with zero attached hydrogens (tertiary/aromatic N) is 1. The Kier molecular flexibility index (Phi) is 4.32. The Hall–Kier alpha value is -1.32. The van der Waals surface area contributed by atoms with Crippen molar-refractivity contribution in [1.82, 2.24) is 0 Å². The maximum Gasteiger partial charge on any atom is 0.0785 e. The van der Waals surface area contributed by atoms with Crippen molar-refractivity contribution in [3.05, 3.63) is 52.2 Å². The van der Waals surface area contributed by atoms with Crippen LogP contribution in [0.4, 0.5) is 5.69 Å². The molecule has 3 atom stereocenters. The van der Waals surface area contributed by atoms with Gasteiger partial charge in [0.15, 0.2) is 0 Å². The zero-order valence-electron chi connectivity index (χ0n) is 12.8. The molecule has 2 N–H and O–H groups in total. The molecule has 2 nitrogen and oxygen atoms in total. The van der Waals surface area contributed by atoms with E-state index in [9.17, 15) is 0 Å². The summed E-state index contributed by atoms with van der Waals surface area (Å²) in [5.41, 5.74) is 9.34. The number of para-hydroxylation sites is 1. The summed E-state index contributed by atoms with van der Waals surface area (Å²) in [5, 5.41) is 2.16. The third-order valence-electron chi connectivity index (χ3n) is 4.43. The van der Waals surface area contributed by atoms with Gasteiger partial charge < -0.3 is 10.6 Å². The molecule has 21 heavy (non-hydrogen) atoms. The molecule has 0 saturated heterocycles. The molecule has 0 radical (unpaired) electrons. The Balaban J connectivity index is 2.03. The van der Waals surface area contributed by atoms with Gasteiger partial charge in [-0.2, -0.15) is 0 Å². The Morgan fingerprint density at radius 2 is 2.10 bits per heavy atom. The van der Waals surface area contributed by atoms with E-state index in [1.807, 2.05) is 11.3 Å². The second-order valence-corrected chi connectivity index (χ2v) is 7.10. The molecule has 3 unspecified atom stereocenters. The molecule has 0 amide bonds. The van der Waals surface area contributed by atoms with Gasteiger partial charge in [-0.05, 0) is 41.8 Å². The van der Waals surface area contributed by atoms with Gasteiger partial charge >= 0.3 is 0 Å². The molecule has 2 heterocycles. The van der Waals surface area contributed by atoms with Crippen LogP contribution in [-0.2, 0) is 6.42 Å². The third-order valence-corrected chi connectivity index (χ3v) is 5.37. The van der Waals surface area contributed by atoms with E-state index in [2.05, 4.69) is 60.5 Å². The van der Waals surface area contributed by atoms with Crippen molar-refractivity contribution in [2.24, 2.45) is 11.7 Å². The molecule has 1 aromatic carbocycles. The minimum absolute atomic E-state index is 0.169. The highest BCUT2D eigenvalue weighted by molar-refractivity contribution is 7.10. The molecule has 0 aliphatic carbocycles. The van der Waals surface area contributed by atoms with E-state index >= 15 is 0 Å². The predicted molar refractivity (Wildman–Crippen MR) is 92.0 cm³/mol. The van der Waals surface area contributed by atoms with Crippen molar-refractivity contribution < 1.29 is 0 Å². The topological polar surface area (TPSA) is 29.3 Å². The Bertz CT molecular complexity index is 579. The number of rotatable bonds is 4. The van der Waals surface area contributed by atoms with Crippen LogP contribution in [0.25, 0.3) is 0 Å². The van der Waals surface area contributed by atoms with Crippen LogP contribution < -0.4 is 10.6 Å². The minimum Gasteiger partial charge on any atom is -0.362 e. The lowest BCUT2D eigenvalue weighted by atomic mass is 9.90. The van der Waals surface area contributed by atoms with Crippen LogP contribution in [0.5, 0.6) is 0 Å². The normalized spacial score (nSPS) is 20.9. The number of nitrogens with two attached hydrogens (primary N) is 1. The number of hydrogen-bond donors (Lipinski definition) is 1. The van der Waals surface area contributed by atoms with Gasteiger partial charge in [-0.25, -0.2) is 0 Å². The molecule has 0 fully saturated rings. The van der Waals surface area contributed by atoms with Gasteiger partial charge in [0.2, 0.25) is 0 Å². The average molecular weight is 300 g/mol.